The van der Waals surface area contributed by atoms with Crippen LogP contribution in [0.15, 0.2) is 51.7 Å². The van der Waals surface area contributed by atoms with Gasteiger partial charge in [0.05, 0.1) is 5.75 Å². The van der Waals surface area contributed by atoms with Crippen LogP contribution in [-0.2, 0) is 23.4 Å². The molecule has 0 atom stereocenters. The van der Waals surface area contributed by atoms with Crippen molar-refractivity contribution in [2.24, 2.45) is 0 Å². The van der Waals surface area contributed by atoms with Crippen molar-refractivity contribution in [1.29, 1.82) is 0 Å². The molecule has 4 nitrogen and oxygen atoms in total. The quantitative estimate of drug-likeness (QED) is 0.566. The van der Waals surface area contributed by atoms with Crippen LogP contribution >= 0.6 is 11.8 Å². The first-order valence-corrected chi connectivity index (χ1v) is 10.7. The smallest absolute Gasteiger partial charge is 0.336 e. The fraction of sp³-hybridized carbons (Fsp3) is 0.304. The predicted octanol–water partition coefficient (Wildman–Crippen LogP) is 5.10. The first-order chi connectivity index (χ1) is 13.5. The van der Waals surface area contributed by atoms with Crippen LogP contribution in [0.5, 0.6) is 0 Å². The molecule has 0 aliphatic rings. The fourth-order valence-corrected chi connectivity index (χ4v) is 4.06. The molecule has 0 saturated carbocycles. The molecule has 0 bridgehead atoms. The lowest BCUT2D eigenvalue weighted by atomic mass is 10.1. The fourth-order valence-electron chi connectivity index (χ4n) is 3.24. The highest BCUT2D eigenvalue weighted by Gasteiger charge is 2.11. The Morgan fingerprint density at radius 2 is 1.89 bits per heavy atom. The standard InChI is InChI=1S/C23H25NO3S/c1-4-16-9-10-19-18(12-22(26)27-20(19)11-16)13-28-14-21(25)24-23-15(3)7-6-8-17(23)5-2/h6-12H,4-5,13-14H2,1-3H3,(H,24,25). The third-order valence-corrected chi connectivity index (χ3v) is 5.78. The molecule has 1 aromatic heterocycles. The Balaban J connectivity index is 1.68. The number of benzene rings is 2. The minimum absolute atomic E-state index is 0.0328. The molecule has 0 aliphatic carbocycles. The van der Waals surface area contributed by atoms with Crippen LogP contribution < -0.4 is 10.9 Å². The van der Waals surface area contributed by atoms with E-state index in [9.17, 15) is 9.59 Å². The monoisotopic (exact) mass is 395 g/mol. The number of hydrogen-bond acceptors (Lipinski definition) is 4. The first kappa shape index (κ1) is 20.2. The van der Waals surface area contributed by atoms with Crippen LogP contribution in [-0.4, -0.2) is 11.7 Å². The summed E-state index contributed by atoms with van der Waals surface area (Å²) in [5.41, 5.74) is 5.40. The molecule has 28 heavy (non-hydrogen) atoms. The molecule has 0 unspecified atom stereocenters. The molecular formula is C23H25NO3S. The van der Waals surface area contributed by atoms with Crippen molar-refractivity contribution in [3.8, 4) is 0 Å². The summed E-state index contributed by atoms with van der Waals surface area (Å²) in [4.78, 5) is 24.3. The van der Waals surface area contributed by atoms with Gasteiger partial charge in [0.2, 0.25) is 5.91 Å². The Hall–Kier alpha value is -2.53. The van der Waals surface area contributed by atoms with E-state index < -0.39 is 0 Å². The maximum atomic E-state index is 12.4. The van der Waals surface area contributed by atoms with Gasteiger partial charge >= 0.3 is 5.63 Å². The lowest BCUT2D eigenvalue weighted by molar-refractivity contribution is -0.113. The summed E-state index contributed by atoms with van der Waals surface area (Å²) in [7, 11) is 0. The predicted molar refractivity (Wildman–Crippen MR) is 117 cm³/mol. The second-order valence-corrected chi connectivity index (χ2v) is 7.76. The van der Waals surface area contributed by atoms with Crippen molar-refractivity contribution in [3.05, 3.63) is 75.1 Å². The van der Waals surface area contributed by atoms with Gasteiger partial charge in [-0.05, 0) is 48.1 Å². The molecule has 0 spiro atoms. The Kier molecular flexibility index (Phi) is 6.57. The van der Waals surface area contributed by atoms with E-state index in [1.807, 2.05) is 43.3 Å². The zero-order valence-corrected chi connectivity index (χ0v) is 17.3. The summed E-state index contributed by atoms with van der Waals surface area (Å²) in [6, 6.07) is 13.5. The van der Waals surface area contributed by atoms with Gasteiger partial charge in [-0.1, -0.05) is 44.2 Å². The van der Waals surface area contributed by atoms with Crippen LogP contribution in [0, 0.1) is 6.92 Å². The molecule has 0 saturated heterocycles. The number of fused-ring (bicyclic) bond motifs is 1. The number of thioether (sulfide) groups is 1. The molecular weight excluding hydrogens is 370 g/mol. The van der Waals surface area contributed by atoms with Gasteiger partial charge in [-0.2, -0.15) is 0 Å². The van der Waals surface area contributed by atoms with Gasteiger partial charge < -0.3 is 9.73 Å². The number of para-hydroxylation sites is 1. The maximum Gasteiger partial charge on any atom is 0.336 e. The Morgan fingerprint density at radius 1 is 1.07 bits per heavy atom. The number of hydrogen-bond donors (Lipinski definition) is 1. The van der Waals surface area contributed by atoms with Crippen LogP contribution in [0.3, 0.4) is 0 Å². The van der Waals surface area contributed by atoms with Crippen LogP contribution in [0.2, 0.25) is 0 Å². The van der Waals surface area contributed by atoms with E-state index in [-0.39, 0.29) is 11.5 Å². The largest absolute Gasteiger partial charge is 0.423 e. The molecule has 0 radical (unpaired) electrons. The number of rotatable bonds is 7. The normalized spacial score (nSPS) is 11.0. The minimum Gasteiger partial charge on any atom is -0.423 e. The zero-order valence-electron chi connectivity index (χ0n) is 16.5. The number of nitrogens with one attached hydrogen (secondary N) is 1. The molecule has 1 heterocycles. The minimum atomic E-state index is -0.353. The maximum absolute atomic E-state index is 12.4. The van der Waals surface area contributed by atoms with Gasteiger partial charge in [-0.3, -0.25) is 4.79 Å². The van der Waals surface area contributed by atoms with Crippen molar-refractivity contribution in [2.45, 2.75) is 39.4 Å². The van der Waals surface area contributed by atoms with Gasteiger partial charge in [0, 0.05) is 22.9 Å². The number of amides is 1. The van der Waals surface area contributed by atoms with Crippen LogP contribution in [0.1, 0.15) is 36.1 Å². The summed E-state index contributed by atoms with van der Waals surface area (Å²) in [5, 5.41) is 3.97. The molecule has 1 N–H and O–H groups in total. The van der Waals surface area contributed by atoms with E-state index in [4.69, 9.17) is 4.42 Å². The van der Waals surface area contributed by atoms with Crippen LogP contribution in [0.4, 0.5) is 5.69 Å². The number of aryl methyl sites for hydroxylation is 3. The van der Waals surface area contributed by atoms with E-state index in [0.29, 0.717) is 17.1 Å². The number of carbonyl (C=O) groups is 1. The van der Waals surface area contributed by atoms with Gasteiger partial charge in [0.15, 0.2) is 0 Å². The van der Waals surface area contributed by atoms with Gasteiger partial charge in [-0.15, -0.1) is 11.8 Å². The van der Waals surface area contributed by atoms with E-state index in [2.05, 4.69) is 19.2 Å². The van der Waals surface area contributed by atoms with E-state index in [0.717, 1.165) is 46.2 Å². The molecule has 3 rings (SSSR count). The lowest BCUT2D eigenvalue weighted by Crippen LogP contribution is -2.16. The van der Waals surface area contributed by atoms with E-state index in [1.54, 1.807) is 0 Å². The Morgan fingerprint density at radius 3 is 2.64 bits per heavy atom. The molecule has 5 heteroatoms. The molecule has 3 aromatic rings. The third kappa shape index (κ3) is 4.65. The van der Waals surface area contributed by atoms with Gasteiger partial charge in [-0.25, -0.2) is 4.79 Å². The summed E-state index contributed by atoms with van der Waals surface area (Å²) in [6.07, 6.45) is 1.76. The van der Waals surface area contributed by atoms with Crippen molar-refractivity contribution in [3.63, 3.8) is 0 Å². The molecule has 146 valence electrons. The van der Waals surface area contributed by atoms with E-state index >= 15 is 0 Å². The average Bonchev–Trinajstić information content (AvgIpc) is 2.68. The summed E-state index contributed by atoms with van der Waals surface area (Å²) in [6.45, 7) is 6.15. The summed E-state index contributed by atoms with van der Waals surface area (Å²) in [5.74, 6) is 0.872. The van der Waals surface area contributed by atoms with Gasteiger partial charge in [0.1, 0.15) is 5.58 Å². The highest BCUT2D eigenvalue weighted by Crippen LogP contribution is 2.24. The van der Waals surface area contributed by atoms with E-state index in [1.165, 1.54) is 17.8 Å². The van der Waals surface area contributed by atoms with Crippen molar-refractivity contribution in [2.75, 3.05) is 11.1 Å². The van der Waals surface area contributed by atoms with Crippen molar-refractivity contribution >= 4 is 34.3 Å². The van der Waals surface area contributed by atoms with Crippen molar-refractivity contribution < 1.29 is 9.21 Å². The number of anilines is 1. The molecule has 2 aromatic carbocycles. The Bertz CT molecular complexity index is 1060. The highest BCUT2D eigenvalue weighted by molar-refractivity contribution is 7.99. The summed E-state index contributed by atoms with van der Waals surface area (Å²) < 4.78 is 5.35. The molecule has 1 amide bonds. The number of carbonyl (C=O) groups excluding carboxylic acids is 1. The summed E-state index contributed by atoms with van der Waals surface area (Å²) >= 11 is 1.49. The van der Waals surface area contributed by atoms with Crippen molar-refractivity contribution in [1.82, 2.24) is 0 Å². The average molecular weight is 396 g/mol. The second kappa shape index (κ2) is 9.11. The second-order valence-electron chi connectivity index (χ2n) is 6.78. The van der Waals surface area contributed by atoms with Gasteiger partial charge in [0.25, 0.3) is 0 Å². The third-order valence-electron chi connectivity index (χ3n) is 4.80. The zero-order chi connectivity index (χ0) is 20.1. The lowest BCUT2D eigenvalue weighted by Gasteiger charge is -2.13. The molecule has 0 aliphatic heterocycles. The Labute approximate surface area is 169 Å². The topological polar surface area (TPSA) is 59.3 Å². The van der Waals surface area contributed by atoms with Crippen LogP contribution in [0.25, 0.3) is 11.0 Å². The highest BCUT2D eigenvalue weighted by atomic mass is 32.2. The first-order valence-electron chi connectivity index (χ1n) is 9.53. The molecule has 0 fully saturated rings. The SMILES string of the molecule is CCc1ccc2c(CSCC(=O)Nc3c(C)cccc3CC)cc(=O)oc2c1.